The monoisotopic (exact) mass is 374 g/mol. The van der Waals surface area contributed by atoms with Crippen LogP contribution in [-0.4, -0.2) is 21.6 Å². The summed E-state index contributed by atoms with van der Waals surface area (Å²) in [7, 11) is 0. The molecule has 0 saturated carbocycles. The highest BCUT2D eigenvalue weighted by atomic mass is 35.5. The summed E-state index contributed by atoms with van der Waals surface area (Å²) in [6.07, 6.45) is 1.58. The van der Waals surface area contributed by atoms with E-state index in [9.17, 15) is 0 Å². The highest BCUT2D eigenvalue weighted by molar-refractivity contribution is 5.98. The van der Waals surface area contributed by atoms with Gasteiger partial charge in [-0.25, -0.2) is 0 Å². The Kier molecular flexibility index (Phi) is 6.57. The first-order valence-electron chi connectivity index (χ1n) is 6.82. The quantitative estimate of drug-likeness (QED) is 0.268. The van der Waals surface area contributed by atoms with E-state index in [-0.39, 0.29) is 36.5 Å². The van der Waals surface area contributed by atoms with Gasteiger partial charge in [0.1, 0.15) is 17.4 Å². The van der Waals surface area contributed by atoms with Crippen molar-refractivity contribution in [1.82, 2.24) is 9.97 Å². The lowest BCUT2D eigenvalue weighted by molar-refractivity contribution is 1.25. The highest BCUT2D eigenvalue weighted by Crippen LogP contribution is 2.16. The van der Waals surface area contributed by atoms with Crippen molar-refractivity contribution in [2.24, 2.45) is 11.5 Å². The molecular weight excluding hydrogens is 359 g/mol. The second-order valence-corrected chi connectivity index (χ2v) is 4.99. The molecule has 7 N–H and O–H groups in total. The highest BCUT2D eigenvalue weighted by Gasteiger charge is 2.02. The molecule has 0 unspecified atom stereocenters. The van der Waals surface area contributed by atoms with Crippen molar-refractivity contribution >= 4 is 47.4 Å². The average molecular weight is 375 g/mol. The van der Waals surface area contributed by atoms with E-state index in [4.69, 9.17) is 22.3 Å². The van der Waals surface area contributed by atoms with E-state index in [1.165, 1.54) is 0 Å². The second-order valence-electron chi connectivity index (χ2n) is 4.99. The fourth-order valence-electron chi connectivity index (χ4n) is 2.13. The minimum absolute atomic E-state index is 0. The predicted molar refractivity (Wildman–Crippen MR) is 105 cm³/mol. The number of pyridine rings is 1. The maximum atomic E-state index is 7.46. The fraction of sp³-hybridized carbons (Fsp3) is 0. The Morgan fingerprint density at radius 3 is 2.32 bits per heavy atom. The number of hydrogen-bond donors (Lipinski definition) is 5. The third kappa shape index (κ3) is 4.51. The number of fused-ring (bicyclic) bond motifs is 1. The number of halogens is 2. The number of benzene rings is 1. The van der Waals surface area contributed by atoms with E-state index in [0.29, 0.717) is 11.3 Å². The molecule has 0 aliphatic carbocycles. The van der Waals surface area contributed by atoms with Crippen LogP contribution in [0.15, 0.2) is 42.6 Å². The van der Waals surface area contributed by atoms with Gasteiger partial charge in [-0.2, -0.15) is 0 Å². The van der Waals surface area contributed by atoms with Crippen LogP contribution >= 0.6 is 24.8 Å². The number of nitrogens with one attached hydrogen (secondary N) is 3. The molecule has 0 saturated heterocycles. The Morgan fingerprint density at radius 2 is 1.72 bits per heavy atom. The van der Waals surface area contributed by atoms with Crippen LogP contribution in [-0.2, 0) is 0 Å². The number of hydrogen-bond acceptors (Lipinski definition) is 3. The molecule has 8 heteroatoms. The molecule has 1 aromatic carbocycles. The lowest BCUT2D eigenvalue weighted by Gasteiger charge is -1.96. The summed E-state index contributed by atoms with van der Waals surface area (Å²) in [5, 5.41) is 15.8. The van der Waals surface area contributed by atoms with E-state index in [1.54, 1.807) is 24.4 Å². The van der Waals surface area contributed by atoms with Crippen molar-refractivity contribution in [2.45, 2.75) is 0 Å². The van der Waals surface area contributed by atoms with E-state index < -0.39 is 0 Å². The lowest BCUT2D eigenvalue weighted by Crippen LogP contribution is -2.12. The second kappa shape index (κ2) is 8.20. The van der Waals surface area contributed by atoms with Crippen LogP contribution < -0.4 is 11.5 Å². The molecule has 6 nitrogen and oxygen atoms in total. The van der Waals surface area contributed by atoms with Gasteiger partial charge in [0.15, 0.2) is 0 Å². The molecular formula is C17H16Cl2N6. The summed E-state index contributed by atoms with van der Waals surface area (Å²) in [6, 6.07) is 10.9. The third-order valence-electron chi connectivity index (χ3n) is 3.31. The summed E-state index contributed by atoms with van der Waals surface area (Å²) in [5.74, 6) is 6.00. The molecule has 0 atom stereocenters. The largest absolute Gasteiger partial charge is 0.384 e. The maximum Gasteiger partial charge on any atom is 0.141 e. The predicted octanol–water partition coefficient (Wildman–Crippen LogP) is 2.37. The van der Waals surface area contributed by atoms with Gasteiger partial charge in [-0.3, -0.25) is 15.8 Å². The molecule has 0 bridgehead atoms. The number of rotatable bonds is 2. The van der Waals surface area contributed by atoms with Gasteiger partial charge in [0.05, 0.1) is 5.69 Å². The van der Waals surface area contributed by atoms with Crippen LogP contribution in [0, 0.1) is 22.7 Å². The number of aromatic nitrogens is 2. The molecule has 0 aliphatic heterocycles. The maximum absolute atomic E-state index is 7.46. The Balaban J connectivity index is 0.00000156. The molecule has 2 aromatic heterocycles. The average Bonchev–Trinajstić information content (AvgIpc) is 2.95. The van der Waals surface area contributed by atoms with Crippen LogP contribution in [0.5, 0.6) is 0 Å². The van der Waals surface area contributed by atoms with E-state index >= 15 is 0 Å². The Bertz CT molecular complexity index is 980. The van der Waals surface area contributed by atoms with Crippen molar-refractivity contribution in [3.8, 4) is 11.8 Å². The van der Waals surface area contributed by atoms with Crippen molar-refractivity contribution in [2.75, 3.05) is 0 Å². The van der Waals surface area contributed by atoms with Gasteiger partial charge in [-0.15, -0.1) is 24.8 Å². The Hall–Kier alpha value is -3.01. The topological polar surface area (TPSA) is 128 Å². The molecule has 0 aliphatic rings. The van der Waals surface area contributed by atoms with Crippen molar-refractivity contribution < 1.29 is 0 Å². The molecule has 3 aromatic rings. The number of nitrogen functional groups attached to an aromatic ring is 2. The third-order valence-corrected chi connectivity index (χ3v) is 3.31. The Labute approximate surface area is 156 Å². The molecule has 0 radical (unpaired) electrons. The molecule has 0 amide bonds. The molecule has 3 rings (SSSR count). The van der Waals surface area contributed by atoms with Gasteiger partial charge >= 0.3 is 0 Å². The lowest BCUT2D eigenvalue weighted by atomic mass is 10.1. The zero-order valence-electron chi connectivity index (χ0n) is 13.0. The number of aromatic amines is 1. The zero-order valence-corrected chi connectivity index (χ0v) is 14.6. The van der Waals surface area contributed by atoms with E-state index in [0.717, 1.165) is 22.2 Å². The molecule has 0 spiro atoms. The smallest absolute Gasteiger partial charge is 0.141 e. The van der Waals surface area contributed by atoms with E-state index in [2.05, 4.69) is 21.8 Å². The fourth-order valence-corrected chi connectivity index (χ4v) is 2.13. The first-order chi connectivity index (χ1) is 11.0. The molecule has 0 fully saturated rings. The van der Waals surface area contributed by atoms with Gasteiger partial charge in [0.25, 0.3) is 0 Å². The van der Waals surface area contributed by atoms with Crippen LogP contribution in [0.3, 0.4) is 0 Å². The summed E-state index contributed by atoms with van der Waals surface area (Å²) >= 11 is 0. The first-order valence-corrected chi connectivity index (χ1v) is 6.82. The molecule has 128 valence electrons. The van der Waals surface area contributed by atoms with Gasteiger partial charge in [-0.05, 0) is 30.2 Å². The number of H-pyrrole nitrogens is 1. The van der Waals surface area contributed by atoms with Crippen molar-refractivity contribution in [3.05, 3.63) is 65.1 Å². The Morgan fingerprint density at radius 1 is 0.960 bits per heavy atom. The van der Waals surface area contributed by atoms with Crippen LogP contribution in [0.4, 0.5) is 0 Å². The number of amidine groups is 2. The standard InChI is InChI=1S/C17H14N6.2ClH/c18-16(19)12-4-3-11-7-13(23-15(11)8-12)5-1-10-2-6-14(17(20)21)22-9-10;;/h2-4,6-9,23H,(H3,18,19)(H3,20,21);2*1H. The zero-order chi connectivity index (χ0) is 16.4. The van der Waals surface area contributed by atoms with Gasteiger partial charge in [-0.1, -0.05) is 18.1 Å². The summed E-state index contributed by atoms with van der Waals surface area (Å²) in [5.41, 5.74) is 14.3. The van der Waals surface area contributed by atoms with Crippen LogP contribution in [0.25, 0.3) is 10.9 Å². The van der Waals surface area contributed by atoms with E-state index in [1.807, 2.05) is 18.2 Å². The first kappa shape index (κ1) is 20.0. The summed E-state index contributed by atoms with van der Waals surface area (Å²) < 4.78 is 0. The van der Waals surface area contributed by atoms with Crippen molar-refractivity contribution in [3.63, 3.8) is 0 Å². The summed E-state index contributed by atoms with van der Waals surface area (Å²) in [4.78, 5) is 7.25. The minimum atomic E-state index is -0.0681. The van der Waals surface area contributed by atoms with Gasteiger partial charge < -0.3 is 16.5 Å². The van der Waals surface area contributed by atoms with Crippen molar-refractivity contribution in [1.29, 1.82) is 10.8 Å². The number of nitrogens with zero attached hydrogens (tertiary/aromatic N) is 1. The van der Waals surface area contributed by atoms with Crippen LogP contribution in [0.2, 0.25) is 0 Å². The molecule has 25 heavy (non-hydrogen) atoms. The molecule has 2 heterocycles. The minimum Gasteiger partial charge on any atom is -0.384 e. The SMILES string of the molecule is Cl.Cl.N=C(N)c1ccc2cc(C#Cc3ccc(C(=N)N)nc3)[nH]c2c1. The van der Waals surface area contributed by atoms with Crippen LogP contribution in [0.1, 0.15) is 22.5 Å². The van der Waals surface area contributed by atoms with Gasteiger partial charge in [0, 0.05) is 28.2 Å². The summed E-state index contributed by atoms with van der Waals surface area (Å²) in [6.45, 7) is 0. The van der Waals surface area contributed by atoms with Gasteiger partial charge in [0.2, 0.25) is 0 Å². The normalized spacial score (nSPS) is 9.28. The number of nitrogens with two attached hydrogens (primary N) is 2.